The molecule has 0 saturated heterocycles. The number of carbonyl (C=O) groups excluding carboxylic acids is 1. The number of carbonyl (C=O) groups is 1. The Balaban J connectivity index is 2.38. The van der Waals surface area contributed by atoms with Gasteiger partial charge in [0.15, 0.2) is 0 Å². The molecule has 1 aromatic rings. The molecule has 4 heteroatoms. The quantitative estimate of drug-likeness (QED) is 0.432. The summed E-state index contributed by atoms with van der Waals surface area (Å²) in [5.41, 5.74) is 1.41. The summed E-state index contributed by atoms with van der Waals surface area (Å²) in [6.07, 6.45) is 1.91. The second kappa shape index (κ2) is 10.1. The van der Waals surface area contributed by atoms with Crippen LogP contribution in [0.2, 0.25) is 0 Å². The molecular formula is C17H24O4. The first-order chi connectivity index (χ1) is 10.2. The van der Waals surface area contributed by atoms with Gasteiger partial charge in [-0.1, -0.05) is 43.3 Å². The Hall–Kier alpha value is -1.65. The van der Waals surface area contributed by atoms with E-state index in [4.69, 9.17) is 9.47 Å². The number of rotatable bonds is 9. The summed E-state index contributed by atoms with van der Waals surface area (Å²) in [6, 6.07) is 9.83. The number of benzene rings is 1. The van der Waals surface area contributed by atoms with Crippen molar-refractivity contribution in [1.82, 2.24) is 0 Å². The van der Waals surface area contributed by atoms with Gasteiger partial charge in [0.1, 0.15) is 0 Å². The van der Waals surface area contributed by atoms with Crippen LogP contribution in [0.15, 0.2) is 42.0 Å². The lowest BCUT2D eigenvalue weighted by molar-refractivity contribution is -0.139. The minimum absolute atomic E-state index is 0.303. The number of aliphatic hydroxyl groups is 1. The van der Waals surface area contributed by atoms with Crippen molar-refractivity contribution in [2.45, 2.75) is 39.4 Å². The highest BCUT2D eigenvalue weighted by Gasteiger charge is 2.19. The zero-order chi connectivity index (χ0) is 15.5. The summed E-state index contributed by atoms with van der Waals surface area (Å²) in [7, 11) is 0. The molecule has 4 nitrogen and oxygen atoms in total. The molecule has 0 aliphatic carbocycles. The molecule has 1 N–H and O–H groups in total. The highest BCUT2D eigenvalue weighted by Crippen LogP contribution is 2.11. The fourth-order valence-corrected chi connectivity index (χ4v) is 1.90. The van der Waals surface area contributed by atoms with Crippen molar-refractivity contribution >= 4 is 5.97 Å². The van der Waals surface area contributed by atoms with Gasteiger partial charge in [-0.2, -0.15) is 0 Å². The predicted octanol–water partition coefficient (Wildman–Crippen LogP) is 2.85. The van der Waals surface area contributed by atoms with Crippen LogP contribution in [0.1, 0.15) is 32.3 Å². The zero-order valence-corrected chi connectivity index (χ0v) is 12.7. The Morgan fingerprint density at radius 1 is 1.29 bits per heavy atom. The monoisotopic (exact) mass is 292 g/mol. The SMILES string of the molecule is CC/C=C(\C(=O)OCC)C(O)CCOCc1ccccc1. The second-order valence-corrected chi connectivity index (χ2v) is 4.63. The topological polar surface area (TPSA) is 55.8 Å². The molecule has 0 aliphatic heterocycles. The normalized spacial score (nSPS) is 13.0. The molecule has 21 heavy (non-hydrogen) atoms. The summed E-state index contributed by atoms with van der Waals surface area (Å²) in [5, 5.41) is 10.1. The van der Waals surface area contributed by atoms with Crippen molar-refractivity contribution in [3.05, 3.63) is 47.5 Å². The molecule has 0 aromatic heterocycles. The molecule has 0 aliphatic rings. The predicted molar refractivity (Wildman–Crippen MR) is 81.7 cm³/mol. The number of ether oxygens (including phenoxy) is 2. The van der Waals surface area contributed by atoms with E-state index in [1.165, 1.54) is 0 Å². The maximum atomic E-state index is 11.7. The van der Waals surface area contributed by atoms with E-state index in [-0.39, 0.29) is 0 Å². The molecule has 0 spiro atoms. The maximum absolute atomic E-state index is 11.7. The number of hydrogen-bond donors (Lipinski definition) is 1. The number of esters is 1. The average molecular weight is 292 g/mol. The Morgan fingerprint density at radius 2 is 2.00 bits per heavy atom. The van der Waals surface area contributed by atoms with E-state index in [1.54, 1.807) is 13.0 Å². The molecule has 1 rings (SSSR count). The molecule has 116 valence electrons. The van der Waals surface area contributed by atoms with Crippen LogP contribution in [-0.2, 0) is 20.9 Å². The molecular weight excluding hydrogens is 268 g/mol. The van der Waals surface area contributed by atoms with Crippen molar-refractivity contribution in [3.63, 3.8) is 0 Å². The average Bonchev–Trinajstić information content (AvgIpc) is 2.50. The molecule has 0 fully saturated rings. The van der Waals surface area contributed by atoms with Gasteiger partial charge >= 0.3 is 5.97 Å². The summed E-state index contributed by atoms with van der Waals surface area (Å²) < 4.78 is 10.5. The molecule has 1 aromatic carbocycles. The Kier molecular flexibility index (Phi) is 8.40. The highest BCUT2D eigenvalue weighted by atomic mass is 16.5. The molecule has 1 atom stereocenters. The van der Waals surface area contributed by atoms with Gasteiger partial charge in [-0.25, -0.2) is 4.79 Å². The smallest absolute Gasteiger partial charge is 0.336 e. The largest absolute Gasteiger partial charge is 0.463 e. The minimum Gasteiger partial charge on any atom is -0.463 e. The molecule has 0 bridgehead atoms. The lowest BCUT2D eigenvalue weighted by Crippen LogP contribution is -2.22. The highest BCUT2D eigenvalue weighted by molar-refractivity contribution is 5.89. The lowest BCUT2D eigenvalue weighted by atomic mass is 10.1. The van der Waals surface area contributed by atoms with Gasteiger partial charge in [-0.05, 0) is 18.9 Å². The van der Waals surface area contributed by atoms with Crippen LogP contribution in [0.4, 0.5) is 0 Å². The Bertz CT molecular complexity index is 439. The van der Waals surface area contributed by atoms with Crippen LogP contribution >= 0.6 is 0 Å². The van der Waals surface area contributed by atoms with E-state index in [1.807, 2.05) is 37.3 Å². The first-order valence-electron chi connectivity index (χ1n) is 7.35. The van der Waals surface area contributed by atoms with Crippen LogP contribution in [0.3, 0.4) is 0 Å². The van der Waals surface area contributed by atoms with Gasteiger partial charge in [0.05, 0.1) is 24.9 Å². The van der Waals surface area contributed by atoms with Gasteiger partial charge in [-0.3, -0.25) is 0 Å². The fraction of sp³-hybridized carbons (Fsp3) is 0.471. The first-order valence-corrected chi connectivity index (χ1v) is 7.35. The van der Waals surface area contributed by atoms with E-state index >= 15 is 0 Å². The lowest BCUT2D eigenvalue weighted by Gasteiger charge is -2.14. The van der Waals surface area contributed by atoms with Crippen molar-refractivity contribution < 1.29 is 19.4 Å². The molecule has 0 amide bonds. The third kappa shape index (κ3) is 6.56. The van der Waals surface area contributed by atoms with E-state index in [0.29, 0.717) is 38.2 Å². The van der Waals surface area contributed by atoms with E-state index in [9.17, 15) is 9.90 Å². The number of aliphatic hydroxyl groups excluding tert-OH is 1. The Morgan fingerprint density at radius 3 is 2.62 bits per heavy atom. The Labute approximate surface area is 126 Å². The maximum Gasteiger partial charge on any atom is 0.336 e. The third-order valence-corrected chi connectivity index (χ3v) is 2.94. The summed E-state index contributed by atoms with van der Waals surface area (Å²) in [6.45, 7) is 4.85. The molecule has 0 radical (unpaired) electrons. The van der Waals surface area contributed by atoms with Crippen LogP contribution in [0.5, 0.6) is 0 Å². The van der Waals surface area contributed by atoms with E-state index in [0.717, 1.165) is 5.56 Å². The zero-order valence-electron chi connectivity index (χ0n) is 12.7. The fourth-order valence-electron chi connectivity index (χ4n) is 1.90. The second-order valence-electron chi connectivity index (χ2n) is 4.63. The molecule has 1 unspecified atom stereocenters. The van der Waals surface area contributed by atoms with Crippen molar-refractivity contribution in [2.75, 3.05) is 13.2 Å². The molecule has 0 saturated carbocycles. The van der Waals surface area contributed by atoms with Crippen molar-refractivity contribution in [1.29, 1.82) is 0 Å². The number of hydrogen-bond acceptors (Lipinski definition) is 4. The van der Waals surface area contributed by atoms with Gasteiger partial charge in [0.25, 0.3) is 0 Å². The van der Waals surface area contributed by atoms with Gasteiger partial charge < -0.3 is 14.6 Å². The van der Waals surface area contributed by atoms with Gasteiger partial charge in [-0.15, -0.1) is 0 Å². The van der Waals surface area contributed by atoms with Crippen molar-refractivity contribution in [3.8, 4) is 0 Å². The van der Waals surface area contributed by atoms with E-state index in [2.05, 4.69) is 0 Å². The summed E-state index contributed by atoms with van der Waals surface area (Å²) >= 11 is 0. The van der Waals surface area contributed by atoms with Crippen LogP contribution < -0.4 is 0 Å². The first kappa shape index (κ1) is 17.4. The van der Waals surface area contributed by atoms with Crippen LogP contribution in [-0.4, -0.2) is 30.4 Å². The standard InChI is InChI=1S/C17H24O4/c1-3-8-15(17(19)21-4-2)16(18)11-12-20-13-14-9-6-5-7-10-14/h5-10,16,18H,3-4,11-13H2,1-2H3/b15-8-. The van der Waals surface area contributed by atoms with Crippen LogP contribution in [0.25, 0.3) is 0 Å². The minimum atomic E-state index is -0.847. The summed E-state index contributed by atoms with van der Waals surface area (Å²) in [5.74, 6) is -0.449. The number of allylic oxidation sites excluding steroid dienone is 1. The van der Waals surface area contributed by atoms with Gasteiger partial charge in [0.2, 0.25) is 0 Å². The van der Waals surface area contributed by atoms with Gasteiger partial charge in [0, 0.05) is 13.0 Å². The molecule has 0 heterocycles. The van der Waals surface area contributed by atoms with E-state index < -0.39 is 12.1 Å². The van der Waals surface area contributed by atoms with Crippen LogP contribution in [0, 0.1) is 0 Å². The summed E-state index contributed by atoms with van der Waals surface area (Å²) in [4.78, 5) is 11.7. The van der Waals surface area contributed by atoms with Crippen molar-refractivity contribution in [2.24, 2.45) is 0 Å². The third-order valence-electron chi connectivity index (χ3n) is 2.94.